The minimum Gasteiger partial charge on any atom is -0.493 e. The second-order valence-electron chi connectivity index (χ2n) is 15.7. The van der Waals surface area contributed by atoms with Crippen molar-refractivity contribution in [2.24, 2.45) is 5.92 Å². The number of alkyl carbamates (subject to hydrolysis) is 1. The SMILES string of the molecule is COc1ccc2c3c1O[C@H]1C(OC(=O)[C@H](C)OC(=O)CCNC(=O)CC[C@H](NC(=O)OC(C)(C)C)C(=O)OCC(C)C)=CC[C@@]4(O)[C@@H](C2)N(C)CC[C@]314. The zero-order chi connectivity index (χ0) is 38.9. The van der Waals surface area contributed by atoms with E-state index < -0.39 is 64.8 Å². The summed E-state index contributed by atoms with van der Waals surface area (Å²) in [6, 6.07) is 2.58. The summed E-state index contributed by atoms with van der Waals surface area (Å²) in [5, 5.41) is 17.4. The van der Waals surface area contributed by atoms with Crippen LogP contribution in [0.25, 0.3) is 0 Å². The number of ether oxygens (including phenoxy) is 6. The van der Waals surface area contributed by atoms with Gasteiger partial charge in [0.2, 0.25) is 5.91 Å². The standard InChI is InChI=1S/C38H53N3O12/c1-21(2)20-49-34(45)24(40-35(46)53-36(4,5)6)10-12-28(42)39-17-14-29(43)50-22(3)33(44)51-26-13-15-38(47)27-19-23-9-11-25(48-8)31-30(23)37(38,32(26)52-31)16-18-41(27)7/h9,11,13,21-22,24,27,32,47H,10,12,14-20H2,1-8H3,(H,39,42)(H,40,46)/t22-,24-,27+,32-,37-,38+/m0/s1. The molecule has 1 aromatic carbocycles. The number of nitrogens with zero attached hydrogens (tertiary/aromatic N) is 1. The van der Waals surface area contributed by atoms with Gasteiger partial charge in [-0.1, -0.05) is 19.9 Å². The molecule has 2 bridgehead atoms. The predicted molar refractivity (Wildman–Crippen MR) is 189 cm³/mol. The molecule has 1 spiro atoms. The topological polar surface area (TPSA) is 188 Å². The molecule has 1 fully saturated rings. The van der Waals surface area contributed by atoms with E-state index in [0.717, 1.165) is 11.1 Å². The lowest BCUT2D eigenvalue weighted by Crippen LogP contribution is -2.74. The van der Waals surface area contributed by atoms with E-state index in [4.69, 9.17) is 28.4 Å². The van der Waals surface area contributed by atoms with E-state index in [9.17, 15) is 29.1 Å². The van der Waals surface area contributed by atoms with Gasteiger partial charge in [-0.05, 0) is 84.2 Å². The van der Waals surface area contributed by atoms with E-state index in [1.54, 1.807) is 34.0 Å². The molecule has 292 valence electrons. The monoisotopic (exact) mass is 743 g/mol. The number of aliphatic hydroxyl groups is 1. The first-order chi connectivity index (χ1) is 24.9. The number of nitrogens with one attached hydrogen (secondary N) is 2. The molecule has 0 unspecified atom stereocenters. The molecule has 15 heteroatoms. The van der Waals surface area contributed by atoms with Crippen LogP contribution in [-0.4, -0.2) is 109 Å². The largest absolute Gasteiger partial charge is 0.493 e. The molecule has 2 amide bonds. The van der Waals surface area contributed by atoms with Crippen molar-refractivity contribution in [1.29, 1.82) is 0 Å². The Morgan fingerprint density at radius 3 is 2.51 bits per heavy atom. The number of carbonyl (C=O) groups excluding carboxylic acids is 5. The number of amides is 2. The van der Waals surface area contributed by atoms with Gasteiger partial charge in [-0.15, -0.1) is 0 Å². The van der Waals surface area contributed by atoms with Gasteiger partial charge in [0.25, 0.3) is 0 Å². The maximum absolute atomic E-state index is 13.3. The van der Waals surface area contributed by atoms with Crippen LogP contribution in [0.15, 0.2) is 24.0 Å². The van der Waals surface area contributed by atoms with Crippen molar-refractivity contribution >= 4 is 29.9 Å². The number of hydrogen-bond acceptors (Lipinski definition) is 13. The van der Waals surface area contributed by atoms with Crippen LogP contribution >= 0.6 is 0 Å². The smallest absolute Gasteiger partial charge is 0.408 e. The normalized spacial score (nSPS) is 25.1. The summed E-state index contributed by atoms with van der Waals surface area (Å²) in [5.74, 6) is -1.32. The van der Waals surface area contributed by atoms with Gasteiger partial charge in [-0.2, -0.15) is 0 Å². The van der Waals surface area contributed by atoms with Crippen LogP contribution < -0.4 is 20.1 Å². The summed E-state index contributed by atoms with van der Waals surface area (Å²) in [4.78, 5) is 65.6. The molecule has 2 heterocycles. The molecule has 53 heavy (non-hydrogen) atoms. The Morgan fingerprint density at radius 2 is 1.83 bits per heavy atom. The van der Waals surface area contributed by atoms with Crippen molar-refractivity contribution in [1.82, 2.24) is 15.5 Å². The molecular weight excluding hydrogens is 690 g/mol. The summed E-state index contributed by atoms with van der Waals surface area (Å²) in [7, 11) is 3.56. The highest BCUT2D eigenvalue weighted by Gasteiger charge is 2.72. The number of likely N-dealkylation sites (N-methyl/N-ethyl adjacent to an activating group) is 1. The lowest BCUT2D eigenvalue weighted by atomic mass is 9.50. The number of carbonyl (C=O) groups is 5. The molecule has 4 aliphatic rings. The van der Waals surface area contributed by atoms with E-state index >= 15 is 0 Å². The maximum atomic E-state index is 13.3. The number of methoxy groups -OCH3 is 1. The van der Waals surface area contributed by atoms with Crippen LogP contribution in [0.2, 0.25) is 0 Å². The molecule has 0 aromatic heterocycles. The van der Waals surface area contributed by atoms with Crippen molar-refractivity contribution in [3.63, 3.8) is 0 Å². The van der Waals surface area contributed by atoms with Crippen LogP contribution in [0.5, 0.6) is 11.5 Å². The Labute approximate surface area is 310 Å². The first-order valence-corrected chi connectivity index (χ1v) is 18.2. The molecule has 3 N–H and O–H groups in total. The molecule has 0 saturated carbocycles. The average Bonchev–Trinajstić information content (AvgIpc) is 3.43. The minimum absolute atomic E-state index is 0.0644. The third kappa shape index (κ3) is 8.10. The summed E-state index contributed by atoms with van der Waals surface area (Å²) >= 11 is 0. The van der Waals surface area contributed by atoms with E-state index in [0.29, 0.717) is 30.9 Å². The Hall–Kier alpha value is -4.37. The zero-order valence-electron chi connectivity index (χ0n) is 31.9. The van der Waals surface area contributed by atoms with Crippen molar-refractivity contribution in [3.05, 3.63) is 35.1 Å². The zero-order valence-corrected chi connectivity index (χ0v) is 31.9. The molecule has 6 atom stereocenters. The van der Waals surface area contributed by atoms with Crippen molar-refractivity contribution in [2.75, 3.05) is 33.9 Å². The number of likely N-dealkylation sites (tertiary alicyclic amines) is 1. The Bertz CT molecular complexity index is 1640. The molecular formula is C38H53N3O12. The number of benzene rings is 1. The number of esters is 3. The first-order valence-electron chi connectivity index (χ1n) is 18.2. The third-order valence-corrected chi connectivity index (χ3v) is 10.3. The van der Waals surface area contributed by atoms with Gasteiger partial charge in [0.05, 0.1) is 31.2 Å². The van der Waals surface area contributed by atoms with E-state index in [1.165, 1.54) is 6.92 Å². The van der Waals surface area contributed by atoms with Gasteiger partial charge < -0.3 is 49.1 Å². The quantitative estimate of drug-likeness (QED) is 0.187. The highest BCUT2D eigenvalue weighted by Crippen LogP contribution is 2.65. The Balaban J connectivity index is 1.13. The van der Waals surface area contributed by atoms with Crippen molar-refractivity contribution in [2.45, 2.75) is 121 Å². The fourth-order valence-electron chi connectivity index (χ4n) is 7.81. The molecule has 2 aliphatic heterocycles. The minimum atomic E-state index is -1.28. The lowest BCUT2D eigenvalue weighted by molar-refractivity contribution is -0.175. The second kappa shape index (κ2) is 15.5. The lowest BCUT2D eigenvalue weighted by Gasteiger charge is -2.61. The van der Waals surface area contributed by atoms with Crippen molar-refractivity contribution in [3.8, 4) is 11.5 Å². The number of hydrogen-bond donors (Lipinski definition) is 3. The van der Waals surface area contributed by atoms with Gasteiger partial charge in [0, 0.05) is 31.0 Å². The number of rotatable bonds is 14. The summed E-state index contributed by atoms with van der Waals surface area (Å²) in [6.07, 6.45) is -0.195. The Kier molecular flexibility index (Phi) is 11.7. The average molecular weight is 744 g/mol. The van der Waals surface area contributed by atoms with Gasteiger partial charge in [0.1, 0.15) is 17.4 Å². The molecule has 2 aliphatic carbocycles. The fraction of sp³-hybridized carbons (Fsp3) is 0.658. The van der Waals surface area contributed by atoms with Gasteiger partial charge in [0.15, 0.2) is 23.7 Å². The molecule has 15 nitrogen and oxygen atoms in total. The highest BCUT2D eigenvalue weighted by atomic mass is 16.6. The molecule has 0 radical (unpaired) electrons. The molecule has 1 aromatic rings. The summed E-state index contributed by atoms with van der Waals surface area (Å²) in [6.45, 7) is 10.9. The first kappa shape index (κ1) is 39.8. The maximum Gasteiger partial charge on any atom is 0.408 e. The van der Waals surface area contributed by atoms with E-state index in [2.05, 4.69) is 15.5 Å². The Morgan fingerprint density at radius 1 is 1.09 bits per heavy atom. The van der Waals surface area contributed by atoms with Crippen LogP contribution in [-0.2, 0) is 50.0 Å². The summed E-state index contributed by atoms with van der Waals surface area (Å²) < 4.78 is 33.8. The van der Waals surface area contributed by atoms with E-state index in [-0.39, 0.29) is 56.6 Å². The third-order valence-electron chi connectivity index (χ3n) is 10.3. The predicted octanol–water partition coefficient (Wildman–Crippen LogP) is 2.83. The molecule has 5 rings (SSSR count). The van der Waals surface area contributed by atoms with Gasteiger partial charge >= 0.3 is 24.0 Å². The second-order valence-corrected chi connectivity index (χ2v) is 15.7. The fourth-order valence-corrected chi connectivity index (χ4v) is 7.81. The van der Waals surface area contributed by atoms with Gasteiger partial charge in [-0.25, -0.2) is 14.4 Å². The van der Waals surface area contributed by atoms with Crippen LogP contribution in [0, 0.1) is 5.92 Å². The highest BCUT2D eigenvalue weighted by molar-refractivity contribution is 5.83. The number of piperidine rings is 1. The van der Waals surface area contributed by atoms with Crippen molar-refractivity contribution < 1.29 is 57.5 Å². The van der Waals surface area contributed by atoms with Crippen LogP contribution in [0.1, 0.15) is 84.8 Å². The summed E-state index contributed by atoms with van der Waals surface area (Å²) in [5.41, 5.74) is -0.853. The molecule has 1 saturated heterocycles. The van der Waals surface area contributed by atoms with Crippen LogP contribution in [0.4, 0.5) is 4.79 Å². The van der Waals surface area contributed by atoms with Gasteiger partial charge in [-0.3, -0.25) is 9.59 Å². The van der Waals surface area contributed by atoms with Crippen LogP contribution in [0.3, 0.4) is 0 Å². The van der Waals surface area contributed by atoms with E-state index in [1.807, 2.05) is 33.0 Å².